The van der Waals surface area contributed by atoms with Gasteiger partial charge in [-0.2, -0.15) is 0 Å². The van der Waals surface area contributed by atoms with Crippen LogP contribution in [0, 0.1) is 0 Å². The number of phenols is 2. The first kappa shape index (κ1) is 25.7. The summed E-state index contributed by atoms with van der Waals surface area (Å²) < 4.78 is 22.6. The molecular formula is C30H26O10. The molecule has 10 nitrogen and oxygen atoms in total. The Kier molecular flexibility index (Phi) is 5.45. The van der Waals surface area contributed by atoms with Gasteiger partial charge in [0, 0.05) is 55.2 Å². The molecular weight excluding hydrogens is 520 g/mol. The topological polar surface area (TPSA) is 152 Å². The fraction of sp³-hybridized carbons (Fsp3) is 0.267. The summed E-state index contributed by atoms with van der Waals surface area (Å²) in [5, 5.41) is 47.5. The van der Waals surface area contributed by atoms with Gasteiger partial charge in [-0.05, 0) is 25.0 Å². The van der Waals surface area contributed by atoms with Gasteiger partial charge in [0.15, 0.2) is 33.9 Å². The van der Waals surface area contributed by atoms with Crippen molar-refractivity contribution in [3.8, 4) is 34.5 Å². The van der Waals surface area contributed by atoms with E-state index in [1.165, 1.54) is 54.4 Å². The fourth-order valence-electron chi connectivity index (χ4n) is 6.55. The van der Waals surface area contributed by atoms with Gasteiger partial charge in [0.2, 0.25) is 0 Å². The number of aliphatic hydroxyl groups is 2. The second kappa shape index (κ2) is 8.48. The number of methoxy groups -OCH3 is 4. The molecule has 0 spiro atoms. The third kappa shape index (κ3) is 2.84. The monoisotopic (exact) mass is 546 g/mol. The highest BCUT2D eigenvalue weighted by Crippen LogP contribution is 2.59. The summed E-state index contributed by atoms with van der Waals surface area (Å²) in [6.45, 7) is 2.98. The van der Waals surface area contributed by atoms with Crippen molar-refractivity contribution in [1.29, 1.82) is 0 Å². The van der Waals surface area contributed by atoms with E-state index in [0.29, 0.717) is 21.5 Å². The van der Waals surface area contributed by atoms with Crippen molar-refractivity contribution in [2.75, 3.05) is 28.4 Å². The van der Waals surface area contributed by atoms with E-state index in [2.05, 4.69) is 0 Å². The maximum absolute atomic E-state index is 13.5. The van der Waals surface area contributed by atoms with Crippen LogP contribution in [0.25, 0.3) is 53.9 Å². The molecule has 0 aliphatic carbocycles. The van der Waals surface area contributed by atoms with E-state index in [1.807, 2.05) is 0 Å². The minimum Gasteiger partial charge on any atom is -0.504 e. The molecule has 2 atom stereocenters. The fourth-order valence-corrected chi connectivity index (χ4v) is 6.55. The van der Waals surface area contributed by atoms with E-state index in [4.69, 9.17) is 18.9 Å². The van der Waals surface area contributed by atoms with Crippen LogP contribution in [-0.4, -0.2) is 48.9 Å². The van der Waals surface area contributed by atoms with Crippen molar-refractivity contribution in [3.63, 3.8) is 0 Å². The Morgan fingerprint density at radius 2 is 0.850 bits per heavy atom. The number of fused-ring (bicyclic) bond motifs is 1. The van der Waals surface area contributed by atoms with E-state index in [9.17, 15) is 30.0 Å². The van der Waals surface area contributed by atoms with Crippen molar-refractivity contribution < 1.29 is 39.4 Å². The van der Waals surface area contributed by atoms with Gasteiger partial charge >= 0.3 is 0 Å². The Labute approximate surface area is 226 Å². The predicted octanol–water partition coefficient (Wildman–Crippen LogP) is 4.04. The zero-order valence-corrected chi connectivity index (χ0v) is 22.5. The second-order valence-electron chi connectivity index (χ2n) is 9.85. The number of benzene rings is 6. The summed E-state index contributed by atoms with van der Waals surface area (Å²) in [7, 11) is 5.41. The van der Waals surface area contributed by atoms with Crippen LogP contribution in [-0.2, 0) is 0 Å². The summed E-state index contributed by atoms with van der Waals surface area (Å²) in [4.78, 5) is 27.0. The molecule has 0 bridgehead atoms. The Balaban J connectivity index is 2.26. The van der Waals surface area contributed by atoms with E-state index in [1.54, 1.807) is 0 Å². The minimum absolute atomic E-state index is 0.0677. The number of aliphatic hydroxyl groups excluding tert-OH is 2. The molecule has 0 fully saturated rings. The van der Waals surface area contributed by atoms with E-state index in [0.717, 1.165) is 0 Å². The first-order valence-corrected chi connectivity index (χ1v) is 12.5. The van der Waals surface area contributed by atoms with Crippen molar-refractivity contribution in [1.82, 2.24) is 0 Å². The van der Waals surface area contributed by atoms with Crippen molar-refractivity contribution in [3.05, 3.63) is 43.7 Å². The Hall–Kier alpha value is -4.54. The molecule has 0 saturated heterocycles. The highest BCUT2D eigenvalue weighted by Gasteiger charge is 2.36. The predicted molar refractivity (Wildman–Crippen MR) is 151 cm³/mol. The molecule has 0 aliphatic heterocycles. The number of phenolic OH excluding ortho intramolecular Hbond substituents is 2. The Morgan fingerprint density at radius 3 is 1.12 bits per heavy atom. The maximum Gasteiger partial charge on any atom is 0.194 e. The smallest absolute Gasteiger partial charge is 0.194 e. The lowest BCUT2D eigenvalue weighted by atomic mass is 9.78. The average Bonchev–Trinajstić information content (AvgIpc) is 2.91. The zero-order valence-electron chi connectivity index (χ0n) is 22.5. The Morgan fingerprint density at radius 1 is 0.525 bits per heavy atom. The summed E-state index contributed by atoms with van der Waals surface area (Å²) in [6.07, 6.45) is -2.44. The van der Waals surface area contributed by atoms with Crippen molar-refractivity contribution >= 4 is 53.9 Å². The molecule has 0 radical (unpaired) electrons. The molecule has 206 valence electrons. The number of hydrogen-bond donors (Lipinski definition) is 4. The maximum atomic E-state index is 13.5. The lowest BCUT2D eigenvalue weighted by Gasteiger charge is -2.28. The first-order valence-electron chi connectivity index (χ1n) is 12.5. The molecule has 0 aliphatic rings. The van der Waals surface area contributed by atoms with Gasteiger partial charge < -0.3 is 39.4 Å². The molecule has 4 N–H and O–H groups in total. The summed E-state index contributed by atoms with van der Waals surface area (Å²) in [6, 6.07) is 2.45. The van der Waals surface area contributed by atoms with Crippen LogP contribution in [0.15, 0.2) is 21.7 Å². The molecule has 2 unspecified atom stereocenters. The van der Waals surface area contributed by atoms with E-state index >= 15 is 0 Å². The molecule has 0 amide bonds. The number of rotatable bonds is 6. The Bertz CT molecular complexity index is 1960. The molecule has 6 aromatic carbocycles. The standard InChI is InChI=1S/C30H26O10/c1-9(31)15-16(10(2)32)26-24-22-18(28(36)30(26)40-6)12(34)8-14(38-4)20(22)19-13(37-3)7-11(33)17-21(19)23(24)25(15)29(39-5)27(17)35/h7-10,31-32,35-36H,1-6H3. The van der Waals surface area contributed by atoms with Gasteiger partial charge in [-0.1, -0.05) is 0 Å². The molecule has 6 aromatic rings. The third-order valence-electron chi connectivity index (χ3n) is 7.88. The van der Waals surface area contributed by atoms with Crippen LogP contribution in [0.1, 0.15) is 37.2 Å². The lowest BCUT2D eigenvalue weighted by molar-refractivity contribution is 0.177. The normalized spacial score (nSPS) is 13.7. The van der Waals surface area contributed by atoms with Gasteiger partial charge in [-0.15, -0.1) is 0 Å². The highest BCUT2D eigenvalue weighted by molar-refractivity contribution is 6.44. The van der Waals surface area contributed by atoms with Crippen LogP contribution in [0.4, 0.5) is 0 Å². The van der Waals surface area contributed by atoms with Crippen LogP contribution in [0.5, 0.6) is 34.5 Å². The molecule has 0 aromatic heterocycles. The van der Waals surface area contributed by atoms with Gasteiger partial charge in [-0.3, -0.25) is 9.59 Å². The quantitative estimate of drug-likeness (QED) is 0.178. The summed E-state index contributed by atoms with van der Waals surface area (Å²) in [5.74, 6) is -0.806. The SMILES string of the molecule is COc1c(O)c2c(=O)cc(OC)c3c4c(OC)cc(=O)c5c(O)c(OC)c6c(C(C)O)c(C(C)O)c1c(c23)c6c54. The molecule has 10 heteroatoms. The molecule has 40 heavy (non-hydrogen) atoms. The molecule has 0 saturated carbocycles. The molecule has 6 rings (SSSR count). The van der Waals surface area contributed by atoms with Crippen LogP contribution in [0.3, 0.4) is 0 Å². The second-order valence-corrected chi connectivity index (χ2v) is 9.85. The first-order chi connectivity index (χ1) is 19.0. The average molecular weight is 547 g/mol. The van der Waals surface area contributed by atoms with Crippen molar-refractivity contribution in [2.45, 2.75) is 26.1 Å². The zero-order chi connectivity index (χ0) is 28.9. The minimum atomic E-state index is -1.22. The summed E-state index contributed by atoms with van der Waals surface area (Å²) >= 11 is 0. The lowest BCUT2D eigenvalue weighted by Crippen LogP contribution is -2.12. The van der Waals surface area contributed by atoms with Gasteiger partial charge in [-0.25, -0.2) is 0 Å². The van der Waals surface area contributed by atoms with Gasteiger partial charge in [0.1, 0.15) is 11.5 Å². The van der Waals surface area contributed by atoms with Crippen molar-refractivity contribution in [2.24, 2.45) is 0 Å². The van der Waals surface area contributed by atoms with Crippen LogP contribution >= 0.6 is 0 Å². The van der Waals surface area contributed by atoms with Gasteiger partial charge in [0.05, 0.1) is 51.4 Å². The largest absolute Gasteiger partial charge is 0.504 e. The van der Waals surface area contributed by atoms with Gasteiger partial charge in [0.25, 0.3) is 0 Å². The number of hydrogen-bond acceptors (Lipinski definition) is 10. The number of aromatic hydroxyl groups is 2. The summed E-state index contributed by atoms with van der Waals surface area (Å²) in [5.41, 5.74) is -0.717. The number of ether oxygens (including phenoxy) is 4. The van der Waals surface area contributed by atoms with Crippen LogP contribution in [0.2, 0.25) is 0 Å². The van der Waals surface area contributed by atoms with E-state index in [-0.39, 0.29) is 66.4 Å². The third-order valence-corrected chi connectivity index (χ3v) is 7.88. The van der Waals surface area contributed by atoms with E-state index < -0.39 is 34.6 Å². The highest BCUT2D eigenvalue weighted by atomic mass is 16.5. The molecule has 0 heterocycles. The van der Waals surface area contributed by atoms with Crippen LogP contribution < -0.4 is 29.8 Å².